The fourth-order valence-electron chi connectivity index (χ4n) is 3.73. The molecule has 1 saturated carbocycles. The molecule has 0 spiro atoms. The van der Waals surface area contributed by atoms with Gasteiger partial charge in [-0.2, -0.15) is 0 Å². The first-order valence-corrected chi connectivity index (χ1v) is 8.61. The SMILES string of the molecule is CCCCCN1C(=O)C(C)(C2CC2)NC(=O)C1(CC)CC. The van der Waals surface area contributed by atoms with Crippen molar-refractivity contribution in [2.45, 2.75) is 83.7 Å². The van der Waals surface area contributed by atoms with Crippen molar-refractivity contribution in [1.82, 2.24) is 10.2 Å². The maximum absolute atomic E-state index is 13.1. The predicted molar refractivity (Wildman–Crippen MR) is 83.8 cm³/mol. The maximum atomic E-state index is 13.1. The minimum Gasteiger partial charge on any atom is -0.340 e. The molecule has 1 N–H and O–H groups in total. The van der Waals surface area contributed by atoms with Crippen LogP contribution in [0.25, 0.3) is 0 Å². The molecule has 0 aromatic carbocycles. The molecule has 1 heterocycles. The second-order valence-electron chi connectivity index (χ2n) is 6.83. The second kappa shape index (κ2) is 5.98. The number of nitrogens with one attached hydrogen (secondary N) is 1. The number of amides is 2. The highest BCUT2D eigenvalue weighted by Crippen LogP contribution is 2.44. The van der Waals surface area contributed by atoms with Crippen LogP contribution in [0.3, 0.4) is 0 Å². The van der Waals surface area contributed by atoms with Crippen LogP contribution in [0.2, 0.25) is 0 Å². The Kier molecular flexibility index (Phi) is 4.64. The molecule has 1 unspecified atom stereocenters. The first kappa shape index (κ1) is 16.3. The van der Waals surface area contributed by atoms with Gasteiger partial charge >= 0.3 is 0 Å². The fraction of sp³-hybridized carbons (Fsp3) is 0.882. The van der Waals surface area contributed by atoms with E-state index in [0.29, 0.717) is 25.3 Å². The van der Waals surface area contributed by atoms with E-state index >= 15 is 0 Å². The lowest BCUT2D eigenvalue weighted by Crippen LogP contribution is -2.75. The molecule has 1 atom stereocenters. The summed E-state index contributed by atoms with van der Waals surface area (Å²) in [5, 5.41) is 3.09. The number of carbonyl (C=O) groups excluding carboxylic acids is 2. The second-order valence-corrected chi connectivity index (χ2v) is 6.83. The van der Waals surface area contributed by atoms with Crippen molar-refractivity contribution >= 4 is 11.8 Å². The van der Waals surface area contributed by atoms with Crippen molar-refractivity contribution < 1.29 is 9.59 Å². The third kappa shape index (κ3) is 2.58. The lowest BCUT2D eigenvalue weighted by atomic mass is 9.80. The zero-order valence-electron chi connectivity index (χ0n) is 14.0. The van der Waals surface area contributed by atoms with E-state index in [9.17, 15) is 9.59 Å². The van der Waals surface area contributed by atoms with Crippen LogP contribution in [-0.2, 0) is 9.59 Å². The van der Waals surface area contributed by atoms with Gasteiger partial charge in [-0.1, -0.05) is 33.6 Å². The average Bonchev–Trinajstić information content (AvgIpc) is 3.30. The predicted octanol–water partition coefficient (Wildman–Crippen LogP) is 2.86. The number of rotatable bonds is 7. The number of nitrogens with zero attached hydrogens (tertiary/aromatic N) is 1. The van der Waals surface area contributed by atoms with Crippen molar-refractivity contribution in [1.29, 1.82) is 0 Å². The van der Waals surface area contributed by atoms with E-state index in [0.717, 1.165) is 32.1 Å². The Labute approximate surface area is 128 Å². The molecule has 2 aliphatic rings. The van der Waals surface area contributed by atoms with Gasteiger partial charge in [-0.3, -0.25) is 9.59 Å². The van der Waals surface area contributed by atoms with Crippen LogP contribution < -0.4 is 5.32 Å². The molecule has 1 aliphatic carbocycles. The van der Waals surface area contributed by atoms with E-state index < -0.39 is 11.1 Å². The van der Waals surface area contributed by atoms with Gasteiger partial charge in [0.05, 0.1) is 0 Å². The summed E-state index contributed by atoms with van der Waals surface area (Å²) in [6.07, 6.45) is 6.70. The molecule has 21 heavy (non-hydrogen) atoms. The van der Waals surface area contributed by atoms with Gasteiger partial charge in [0, 0.05) is 6.54 Å². The fourth-order valence-corrected chi connectivity index (χ4v) is 3.73. The largest absolute Gasteiger partial charge is 0.340 e. The van der Waals surface area contributed by atoms with Crippen LogP contribution in [0, 0.1) is 5.92 Å². The number of carbonyl (C=O) groups is 2. The molecule has 0 aromatic heterocycles. The quantitative estimate of drug-likeness (QED) is 0.734. The van der Waals surface area contributed by atoms with Crippen LogP contribution in [0.5, 0.6) is 0 Å². The molecule has 2 rings (SSSR count). The van der Waals surface area contributed by atoms with Crippen molar-refractivity contribution in [2.75, 3.05) is 6.54 Å². The Bertz CT molecular complexity index is 413. The van der Waals surface area contributed by atoms with Crippen LogP contribution in [0.1, 0.15) is 72.6 Å². The van der Waals surface area contributed by atoms with Gasteiger partial charge in [0.25, 0.3) is 0 Å². The van der Waals surface area contributed by atoms with Crippen LogP contribution in [0.15, 0.2) is 0 Å². The standard InChI is InChI=1S/C17H30N2O2/c1-5-8-9-12-19-15(21)16(4,13-10-11-13)18-14(20)17(19,6-2)7-3/h13H,5-12H2,1-4H3,(H,18,20). The Balaban J connectivity index is 2.29. The van der Waals surface area contributed by atoms with E-state index in [1.165, 1.54) is 0 Å². The molecule has 120 valence electrons. The molecule has 0 bridgehead atoms. The summed E-state index contributed by atoms with van der Waals surface area (Å²) in [5.74, 6) is 0.525. The molecule has 0 aromatic rings. The number of piperazine rings is 1. The first-order chi connectivity index (χ1) is 9.96. The molecule has 0 radical (unpaired) electrons. The summed E-state index contributed by atoms with van der Waals surface area (Å²) in [4.78, 5) is 27.8. The van der Waals surface area contributed by atoms with Gasteiger partial charge in [-0.15, -0.1) is 0 Å². The molecular weight excluding hydrogens is 264 g/mol. The molecule has 2 amide bonds. The highest BCUT2D eigenvalue weighted by molar-refractivity contribution is 6.02. The Morgan fingerprint density at radius 3 is 2.24 bits per heavy atom. The third-order valence-corrected chi connectivity index (χ3v) is 5.55. The van der Waals surface area contributed by atoms with Crippen molar-refractivity contribution in [3.05, 3.63) is 0 Å². The van der Waals surface area contributed by atoms with Gasteiger partial charge in [0.15, 0.2) is 0 Å². The van der Waals surface area contributed by atoms with Crippen LogP contribution in [0.4, 0.5) is 0 Å². The van der Waals surface area contributed by atoms with E-state index in [1.807, 2.05) is 25.7 Å². The summed E-state index contributed by atoms with van der Waals surface area (Å²) < 4.78 is 0. The monoisotopic (exact) mass is 294 g/mol. The molecule has 1 saturated heterocycles. The highest BCUT2D eigenvalue weighted by Gasteiger charge is 2.59. The van der Waals surface area contributed by atoms with Crippen LogP contribution >= 0.6 is 0 Å². The van der Waals surface area contributed by atoms with Crippen molar-refractivity contribution in [3.63, 3.8) is 0 Å². The number of unbranched alkanes of at least 4 members (excludes halogenated alkanes) is 2. The third-order valence-electron chi connectivity index (χ3n) is 5.55. The zero-order valence-corrected chi connectivity index (χ0v) is 14.0. The molecular formula is C17H30N2O2. The van der Waals surface area contributed by atoms with E-state index in [2.05, 4.69) is 12.2 Å². The Morgan fingerprint density at radius 2 is 1.76 bits per heavy atom. The Morgan fingerprint density at radius 1 is 1.14 bits per heavy atom. The topological polar surface area (TPSA) is 49.4 Å². The number of hydrogen-bond donors (Lipinski definition) is 1. The summed E-state index contributed by atoms with van der Waals surface area (Å²) in [5.41, 5.74) is -1.31. The normalized spacial score (nSPS) is 28.7. The van der Waals surface area contributed by atoms with Crippen molar-refractivity contribution in [3.8, 4) is 0 Å². The first-order valence-electron chi connectivity index (χ1n) is 8.61. The molecule has 4 nitrogen and oxygen atoms in total. The van der Waals surface area contributed by atoms with Crippen LogP contribution in [-0.4, -0.2) is 34.3 Å². The van der Waals surface area contributed by atoms with E-state index in [-0.39, 0.29) is 11.8 Å². The minimum absolute atomic E-state index is 0.0537. The van der Waals surface area contributed by atoms with Crippen molar-refractivity contribution in [2.24, 2.45) is 5.92 Å². The van der Waals surface area contributed by atoms with E-state index in [4.69, 9.17) is 0 Å². The maximum Gasteiger partial charge on any atom is 0.249 e. The zero-order chi connectivity index (χ0) is 15.7. The highest BCUT2D eigenvalue weighted by atomic mass is 16.2. The van der Waals surface area contributed by atoms with Gasteiger partial charge in [-0.05, 0) is 44.9 Å². The summed E-state index contributed by atoms with van der Waals surface area (Å²) >= 11 is 0. The minimum atomic E-state index is -0.670. The molecule has 2 fully saturated rings. The summed E-state index contributed by atoms with van der Waals surface area (Å²) in [6, 6.07) is 0. The van der Waals surface area contributed by atoms with E-state index in [1.54, 1.807) is 0 Å². The van der Waals surface area contributed by atoms with Gasteiger partial charge < -0.3 is 10.2 Å². The molecule has 4 heteroatoms. The van der Waals surface area contributed by atoms with Gasteiger partial charge in [0.1, 0.15) is 11.1 Å². The Hall–Kier alpha value is -1.06. The molecule has 1 aliphatic heterocycles. The number of hydrogen-bond acceptors (Lipinski definition) is 2. The lowest BCUT2D eigenvalue weighted by Gasteiger charge is -2.51. The smallest absolute Gasteiger partial charge is 0.249 e. The van der Waals surface area contributed by atoms with Gasteiger partial charge in [-0.25, -0.2) is 0 Å². The lowest BCUT2D eigenvalue weighted by molar-refractivity contribution is -0.164. The average molecular weight is 294 g/mol. The van der Waals surface area contributed by atoms with Gasteiger partial charge in [0.2, 0.25) is 11.8 Å². The summed E-state index contributed by atoms with van der Waals surface area (Å²) in [7, 11) is 0. The summed E-state index contributed by atoms with van der Waals surface area (Å²) in [6.45, 7) is 8.83.